The van der Waals surface area contributed by atoms with Gasteiger partial charge in [-0.25, -0.2) is 4.68 Å². The third kappa shape index (κ3) is 5.37. The minimum Gasteiger partial charge on any atom is -0.340 e. The fraction of sp³-hybridized carbons (Fsp3) is 0.409. The molecule has 1 amide bonds. The van der Waals surface area contributed by atoms with Gasteiger partial charge < -0.3 is 4.90 Å². The monoisotopic (exact) mass is 437 g/mol. The second kappa shape index (κ2) is 9.86. The zero-order valence-electron chi connectivity index (χ0n) is 17.2. The van der Waals surface area contributed by atoms with Gasteiger partial charge in [-0.1, -0.05) is 29.8 Å². The Labute approximate surface area is 186 Å². The summed E-state index contributed by atoms with van der Waals surface area (Å²) >= 11 is 6.00. The van der Waals surface area contributed by atoms with Crippen LogP contribution in [0.4, 0.5) is 0 Å². The molecule has 2 aliphatic rings. The molecule has 1 aliphatic heterocycles. The highest BCUT2D eigenvalue weighted by molar-refractivity contribution is 6.31. The van der Waals surface area contributed by atoms with Gasteiger partial charge in [0, 0.05) is 39.1 Å². The number of tetrazole rings is 1. The van der Waals surface area contributed by atoms with Gasteiger partial charge in [-0.3, -0.25) is 9.69 Å². The fourth-order valence-electron chi connectivity index (χ4n) is 3.93. The topological polar surface area (TPSA) is 90.9 Å². The number of benzene rings is 1. The molecule has 8 nitrogen and oxygen atoms in total. The second-order valence-corrected chi connectivity index (χ2v) is 8.25. The lowest BCUT2D eigenvalue weighted by molar-refractivity contribution is -0.133. The van der Waals surface area contributed by atoms with E-state index in [4.69, 9.17) is 16.9 Å². The normalized spacial score (nSPS) is 19.2. The molecule has 9 heteroatoms. The fourth-order valence-corrected chi connectivity index (χ4v) is 4.09. The Balaban J connectivity index is 1.20. The second-order valence-electron chi connectivity index (χ2n) is 7.84. The van der Waals surface area contributed by atoms with Crippen molar-refractivity contribution in [2.45, 2.75) is 19.3 Å². The van der Waals surface area contributed by atoms with Crippen molar-refractivity contribution in [2.75, 3.05) is 32.7 Å². The van der Waals surface area contributed by atoms with Crippen LogP contribution in [0, 0.1) is 17.2 Å². The first-order valence-electron chi connectivity index (χ1n) is 10.4. The molecule has 1 fully saturated rings. The highest BCUT2D eigenvalue weighted by atomic mass is 35.5. The number of nitriles is 1. The zero-order chi connectivity index (χ0) is 21.6. The van der Waals surface area contributed by atoms with Crippen molar-refractivity contribution in [2.24, 2.45) is 5.92 Å². The van der Waals surface area contributed by atoms with Crippen LogP contribution in [0.2, 0.25) is 5.02 Å². The molecule has 2 aromatic rings. The third-order valence-electron chi connectivity index (χ3n) is 5.81. The van der Waals surface area contributed by atoms with Gasteiger partial charge in [-0.2, -0.15) is 5.26 Å². The lowest BCUT2D eigenvalue weighted by atomic mass is 9.95. The van der Waals surface area contributed by atoms with E-state index in [1.54, 1.807) is 17.1 Å². The Bertz CT molecular complexity index is 1020. The molecule has 160 valence electrons. The van der Waals surface area contributed by atoms with E-state index in [-0.39, 0.29) is 11.8 Å². The van der Waals surface area contributed by atoms with Crippen LogP contribution in [-0.4, -0.2) is 68.6 Å². The van der Waals surface area contributed by atoms with E-state index in [0.717, 1.165) is 56.8 Å². The van der Waals surface area contributed by atoms with Crippen molar-refractivity contribution in [3.05, 3.63) is 58.9 Å². The van der Waals surface area contributed by atoms with Gasteiger partial charge in [-0.05, 0) is 53.0 Å². The number of aromatic nitrogens is 4. The van der Waals surface area contributed by atoms with Crippen molar-refractivity contribution >= 4 is 23.2 Å². The van der Waals surface area contributed by atoms with Gasteiger partial charge in [0.15, 0.2) is 0 Å². The molecule has 0 saturated carbocycles. The molecule has 1 aliphatic carbocycles. The summed E-state index contributed by atoms with van der Waals surface area (Å²) in [5, 5.41) is 20.8. The average Bonchev–Trinajstić information content (AvgIpc) is 3.34. The molecule has 4 rings (SSSR count). The number of hydrogen-bond acceptors (Lipinski definition) is 6. The van der Waals surface area contributed by atoms with Crippen LogP contribution in [-0.2, 0) is 11.2 Å². The minimum atomic E-state index is 0.213. The number of amides is 1. The van der Waals surface area contributed by atoms with E-state index in [1.165, 1.54) is 0 Å². The molecule has 2 heterocycles. The molecular weight excluding hydrogens is 414 g/mol. The Kier molecular flexibility index (Phi) is 6.75. The standard InChI is InChI=1S/C22H24ClN7O/c23-21-6-3-18(13-19(21)15-24)7-8-28-9-11-29(12-10-28)22(31)14-17-1-4-20(5-2-17)30-16-25-26-27-30/h1,3-6,13,16-17H,2,7-12,14H2. The Hall–Kier alpha value is -3.02. The molecule has 1 atom stereocenters. The van der Waals surface area contributed by atoms with Crippen molar-refractivity contribution in [1.29, 1.82) is 5.26 Å². The summed E-state index contributed by atoms with van der Waals surface area (Å²) in [6.45, 7) is 4.16. The van der Waals surface area contributed by atoms with Gasteiger partial charge in [0.05, 0.1) is 16.3 Å². The molecule has 0 radical (unpaired) electrons. The minimum absolute atomic E-state index is 0.213. The molecule has 1 aromatic carbocycles. The predicted molar refractivity (Wildman–Crippen MR) is 117 cm³/mol. The van der Waals surface area contributed by atoms with Crippen LogP contribution in [0.1, 0.15) is 24.0 Å². The SMILES string of the molecule is N#Cc1cc(CCN2CCN(C(=O)CC3C=CC(n4cnnn4)=CC3)CC2)ccc1Cl. The third-order valence-corrected chi connectivity index (χ3v) is 6.14. The van der Waals surface area contributed by atoms with Crippen molar-refractivity contribution in [3.8, 4) is 6.07 Å². The summed E-state index contributed by atoms with van der Waals surface area (Å²) < 4.78 is 1.62. The summed E-state index contributed by atoms with van der Waals surface area (Å²) in [5.41, 5.74) is 2.56. The van der Waals surface area contributed by atoms with Gasteiger partial charge in [0.25, 0.3) is 0 Å². The average molecular weight is 438 g/mol. The lowest BCUT2D eigenvalue weighted by Crippen LogP contribution is -2.49. The maximum atomic E-state index is 12.7. The first-order chi connectivity index (χ1) is 15.1. The van der Waals surface area contributed by atoms with Gasteiger partial charge in [0.1, 0.15) is 12.4 Å². The van der Waals surface area contributed by atoms with Gasteiger partial charge in [0.2, 0.25) is 5.91 Å². The summed E-state index contributed by atoms with van der Waals surface area (Å²) in [4.78, 5) is 17.1. The van der Waals surface area contributed by atoms with Crippen LogP contribution in [0.15, 0.2) is 42.8 Å². The van der Waals surface area contributed by atoms with Crippen molar-refractivity contribution < 1.29 is 4.79 Å². The Morgan fingerprint density at radius 3 is 2.77 bits per heavy atom. The number of carbonyl (C=O) groups excluding carboxylic acids is 1. The highest BCUT2D eigenvalue weighted by Crippen LogP contribution is 2.22. The number of nitrogens with zero attached hydrogens (tertiary/aromatic N) is 7. The summed E-state index contributed by atoms with van der Waals surface area (Å²) in [6, 6.07) is 7.74. The van der Waals surface area contributed by atoms with Gasteiger partial charge >= 0.3 is 0 Å². The first-order valence-corrected chi connectivity index (χ1v) is 10.8. The van der Waals surface area contributed by atoms with E-state index in [2.05, 4.69) is 38.6 Å². The number of rotatable bonds is 6. The molecule has 1 aromatic heterocycles. The van der Waals surface area contributed by atoms with Crippen LogP contribution in [0.25, 0.3) is 5.70 Å². The number of piperazine rings is 1. The predicted octanol–water partition coefficient (Wildman–Crippen LogP) is 2.39. The van der Waals surface area contributed by atoms with Crippen LogP contribution in [0.3, 0.4) is 0 Å². The highest BCUT2D eigenvalue weighted by Gasteiger charge is 2.23. The largest absolute Gasteiger partial charge is 0.340 e. The van der Waals surface area contributed by atoms with E-state index >= 15 is 0 Å². The summed E-state index contributed by atoms with van der Waals surface area (Å²) in [6.07, 6.45) is 9.89. The summed E-state index contributed by atoms with van der Waals surface area (Å²) in [5.74, 6) is 0.426. The molecule has 31 heavy (non-hydrogen) atoms. The maximum absolute atomic E-state index is 12.7. The van der Waals surface area contributed by atoms with Crippen LogP contribution >= 0.6 is 11.6 Å². The van der Waals surface area contributed by atoms with Crippen LogP contribution in [0.5, 0.6) is 0 Å². The Morgan fingerprint density at radius 1 is 1.26 bits per heavy atom. The number of allylic oxidation sites excluding steroid dienone is 4. The van der Waals surface area contributed by atoms with Gasteiger partial charge in [-0.15, -0.1) is 5.10 Å². The molecule has 0 spiro atoms. The molecule has 0 bridgehead atoms. The van der Waals surface area contributed by atoms with E-state index in [0.29, 0.717) is 17.0 Å². The lowest BCUT2D eigenvalue weighted by Gasteiger charge is -2.35. The molecule has 1 unspecified atom stereocenters. The van der Waals surface area contributed by atoms with Crippen molar-refractivity contribution in [1.82, 2.24) is 30.0 Å². The quantitative estimate of drug-likeness (QED) is 0.689. The molecule has 0 N–H and O–H groups in total. The van der Waals surface area contributed by atoms with E-state index in [1.807, 2.05) is 23.1 Å². The smallest absolute Gasteiger partial charge is 0.223 e. The Morgan fingerprint density at radius 2 is 2.10 bits per heavy atom. The molecular formula is C22H24ClN7O. The zero-order valence-corrected chi connectivity index (χ0v) is 17.9. The van der Waals surface area contributed by atoms with E-state index in [9.17, 15) is 4.79 Å². The number of hydrogen-bond donors (Lipinski definition) is 0. The maximum Gasteiger partial charge on any atom is 0.223 e. The first kappa shape index (κ1) is 21.2. The van der Waals surface area contributed by atoms with E-state index < -0.39 is 0 Å². The van der Waals surface area contributed by atoms with Crippen LogP contribution < -0.4 is 0 Å². The summed E-state index contributed by atoms with van der Waals surface area (Å²) in [7, 11) is 0. The number of carbonyl (C=O) groups is 1. The number of halogens is 1. The van der Waals surface area contributed by atoms with Crippen molar-refractivity contribution in [3.63, 3.8) is 0 Å². The molecule has 1 saturated heterocycles.